The molecule has 1 aliphatic carbocycles. The Bertz CT molecular complexity index is 3510. The lowest BCUT2D eigenvalue weighted by molar-refractivity contribution is 1.19. The molecular formula is C53H32B2N4. The Kier molecular flexibility index (Phi) is 5.58. The summed E-state index contributed by atoms with van der Waals surface area (Å²) in [5.41, 5.74) is 26.1. The van der Waals surface area contributed by atoms with E-state index in [1.807, 2.05) is 0 Å². The third-order valence-electron chi connectivity index (χ3n) is 14.1. The third-order valence-corrected chi connectivity index (χ3v) is 14.1. The number of hydrogen-bond acceptors (Lipinski definition) is 2. The lowest BCUT2D eigenvalue weighted by atomic mass is 9.41. The Labute approximate surface area is 342 Å². The van der Waals surface area contributed by atoms with E-state index in [1.54, 1.807) is 0 Å². The van der Waals surface area contributed by atoms with E-state index in [2.05, 4.69) is 201 Å². The van der Waals surface area contributed by atoms with Crippen LogP contribution in [-0.4, -0.2) is 22.7 Å². The summed E-state index contributed by atoms with van der Waals surface area (Å²) in [6.07, 6.45) is 5.62. The second-order valence-electron chi connectivity index (χ2n) is 16.8. The molecule has 8 aromatic carbocycles. The molecule has 0 N–H and O–H groups in total. The second-order valence-corrected chi connectivity index (χ2v) is 16.8. The SMILES string of the molecule is c1ccc(N2c3cccc4c3B(c3cc5c6c(c32)N(c2ccccc2)c2c(ccc3c2-c2ccccc2C3)B6n2ccc3cccc-5c32)n2ccc3cccc-4c32)cc1. The van der Waals surface area contributed by atoms with Gasteiger partial charge in [0.2, 0.25) is 0 Å². The molecule has 0 amide bonds. The van der Waals surface area contributed by atoms with Crippen molar-refractivity contribution in [1.82, 2.24) is 8.96 Å². The summed E-state index contributed by atoms with van der Waals surface area (Å²) in [5, 5.41) is 2.56. The molecule has 2 aromatic heterocycles. The molecule has 5 aliphatic rings. The van der Waals surface area contributed by atoms with Crippen LogP contribution in [0.2, 0.25) is 0 Å². The number of benzene rings is 8. The van der Waals surface area contributed by atoms with Crippen molar-refractivity contribution in [1.29, 1.82) is 0 Å². The summed E-state index contributed by atoms with van der Waals surface area (Å²) in [6.45, 7) is -0.0563. The Morgan fingerprint density at radius 3 is 1.75 bits per heavy atom. The number of aromatic nitrogens is 2. The number of rotatable bonds is 2. The Morgan fingerprint density at radius 1 is 0.390 bits per heavy atom. The molecule has 10 aromatic rings. The smallest absolute Gasteiger partial charge is 0.332 e. The first-order chi connectivity index (χ1) is 29.3. The van der Waals surface area contributed by atoms with E-state index in [1.165, 1.54) is 117 Å². The van der Waals surface area contributed by atoms with E-state index in [-0.39, 0.29) is 13.7 Å². The molecule has 59 heavy (non-hydrogen) atoms. The fraction of sp³-hybridized carbons (Fsp3) is 0.0189. The highest BCUT2D eigenvalue weighted by Gasteiger charge is 2.50. The van der Waals surface area contributed by atoms with Gasteiger partial charge in [0.15, 0.2) is 0 Å². The molecule has 0 saturated heterocycles. The lowest BCUT2D eigenvalue weighted by Crippen LogP contribution is -2.61. The van der Waals surface area contributed by atoms with Crippen LogP contribution in [-0.2, 0) is 6.42 Å². The zero-order valence-corrected chi connectivity index (χ0v) is 32.0. The fourth-order valence-corrected chi connectivity index (χ4v) is 11.9. The van der Waals surface area contributed by atoms with Gasteiger partial charge in [-0.25, -0.2) is 0 Å². The van der Waals surface area contributed by atoms with Crippen molar-refractivity contribution >= 4 is 91.5 Å². The molecule has 4 nitrogen and oxygen atoms in total. The molecule has 0 bridgehead atoms. The van der Waals surface area contributed by atoms with E-state index < -0.39 is 0 Å². The monoisotopic (exact) mass is 746 g/mol. The zero-order valence-electron chi connectivity index (χ0n) is 32.0. The highest BCUT2D eigenvalue weighted by molar-refractivity contribution is 6.92. The maximum Gasteiger partial charge on any atom is 0.332 e. The summed E-state index contributed by atoms with van der Waals surface area (Å²) in [7, 11) is 0. The van der Waals surface area contributed by atoms with Crippen LogP contribution in [0, 0.1) is 0 Å². The molecule has 6 heteroatoms. The second kappa shape index (κ2) is 10.7. The molecule has 0 spiro atoms. The van der Waals surface area contributed by atoms with E-state index in [9.17, 15) is 0 Å². The molecule has 0 atom stereocenters. The summed E-state index contributed by atoms with van der Waals surface area (Å²) >= 11 is 0. The van der Waals surface area contributed by atoms with Gasteiger partial charge in [-0.15, -0.1) is 0 Å². The first-order valence-electron chi connectivity index (χ1n) is 20.8. The first kappa shape index (κ1) is 30.7. The summed E-state index contributed by atoms with van der Waals surface area (Å²) in [5.74, 6) is 0. The number of fused-ring (bicyclic) bond motifs is 13. The van der Waals surface area contributed by atoms with Crippen LogP contribution < -0.4 is 31.7 Å². The Balaban J connectivity index is 1.18. The van der Waals surface area contributed by atoms with Crippen molar-refractivity contribution in [2.45, 2.75) is 6.42 Å². The normalized spacial score (nSPS) is 14.2. The maximum atomic E-state index is 2.67. The predicted molar refractivity (Wildman–Crippen MR) is 247 cm³/mol. The average Bonchev–Trinajstić information content (AvgIpc) is 4.03. The van der Waals surface area contributed by atoms with Crippen LogP contribution in [0.25, 0.3) is 55.2 Å². The van der Waals surface area contributed by atoms with Crippen molar-refractivity contribution in [3.63, 3.8) is 0 Å². The molecule has 6 heterocycles. The third kappa shape index (κ3) is 3.66. The fourth-order valence-electron chi connectivity index (χ4n) is 11.9. The Morgan fingerprint density at radius 2 is 1.00 bits per heavy atom. The average molecular weight is 746 g/mol. The van der Waals surface area contributed by atoms with Gasteiger partial charge in [-0.05, 0) is 122 Å². The summed E-state index contributed by atoms with van der Waals surface area (Å²) in [6, 6.07) is 64.2. The molecule has 0 unspecified atom stereocenters. The van der Waals surface area contributed by atoms with E-state index >= 15 is 0 Å². The topological polar surface area (TPSA) is 16.3 Å². The highest BCUT2D eigenvalue weighted by atomic mass is 15.2. The van der Waals surface area contributed by atoms with Crippen LogP contribution in [0.4, 0.5) is 34.1 Å². The molecule has 4 aliphatic heterocycles. The minimum Gasteiger partial charge on any atom is -0.382 e. The molecular weight excluding hydrogens is 714 g/mol. The zero-order chi connectivity index (χ0) is 38.1. The lowest BCUT2D eigenvalue weighted by Gasteiger charge is -2.47. The van der Waals surface area contributed by atoms with Gasteiger partial charge in [0.25, 0.3) is 0 Å². The van der Waals surface area contributed by atoms with Gasteiger partial charge in [-0.3, -0.25) is 0 Å². The molecule has 0 radical (unpaired) electrons. The number of para-hydroxylation sites is 4. The standard InChI is InChI=1S/C53H32B2N4/c1-3-15-36(16-4-1)58-45-23-11-20-39-40-21-9-13-32-27-29-57(49(32)40)55(47(39)45)44-31-42-41-22-10-14-33-26-28-56(50(33)41)54-43-25-24-35-30-34-12-7-8-19-38(34)46(35)51(43)59(37-17-5-2-6-18-37)53(48(42)54)52(44)58/h1-29,31H,30H2. The van der Waals surface area contributed by atoms with Gasteiger partial charge in [0, 0.05) is 44.8 Å². The maximum absolute atomic E-state index is 2.67. The number of anilines is 6. The van der Waals surface area contributed by atoms with Crippen molar-refractivity contribution in [2.24, 2.45) is 0 Å². The summed E-state index contributed by atoms with van der Waals surface area (Å²) in [4.78, 5) is 5.28. The molecule has 15 rings (SSSR count). The van der Waals surface area contributed by atoms with Crippen molar-refractivity contribution in [2.75, 3.05) is 9.80 Å². The Hall–Kier alpha value is -7.43. The first-order valence-corrected chi connectivity index (χ1v) is 20.8. The van der Waals surface area contributed by atoms with Crippen LogP contribution in [0.3, 0.4) is 0 Å². The number of nitrogens with zero attached hydrogens (tertiary/aromatic N) is 4. The molecule has 270 valence electrons. The van der Waals surface area contributed by atoms with Gasteiger partial charge in [-0.2, -0.15) is 0 Å². The minimum atomic E-state index is -0.0299. The van der Waals surface area contributed by atoms with Crippen LogP contribution in [0.5, 0.6) is 0 Å². The quantitative estimate of drug-likeness (QED) is 0.164. The number of hydrogen-bond donors (Lipinski definition) is 0. The van der Waals surface area contributed by atoms with Crippen molar-refractivity contribution in [3.05, 3.63) is 193 Å². The van der Waals surface area contributed by atoms with E-state index in [0.29, 0.717) is 0 Å². The van der Waals surface area contributed by atoms with Gasteiger partial charge < -0.3 is 18.8 Å². The van der Waals surface area contributed by atoms with Crippen LogP contribution in [0.1, 0.15) is 11.1 Å². The van der Waals surface area contributed by atoms with Crippen molar-refractivity contribution in [3.8, 4) is 33.4 Å². The predicted octanol–water partition coefficient (Wildman–Crippen LogP) is 10.0. The van der Waals surface area contributed by atoms with E-state index in [0.717, 1.165) is 12.1 Å². The van der Waals surface area contributed by atoms with Gasteiger partial charge in [0.05, 0.1) is 17.1 Å². The largest absolute Gasteiger partial charge is 0.382 e. The van der Waals surface area contributed by atoms with Crippen LogP contribution in [0.15, 0.2) is 182 Å². The van der Waals surface area contributed by atoms with Gasteiger partial charge in [-0.1, -0.05) is 127 Å². The molecule has 0 fully saturated rings. The van der Waals surface area contributed by atoms with Crippen LogP contribution >= 0.6 is 0 Å². The van der Waals surface area contributed by atoms with Crippen molar-refractivity contribution < 1.29 is 0 Å². The van der Waals surface area contributed by atoms with Gasteiger partial charge in [0.1, 0.15) is 0 Å². The summed E-state index contributed by atoms with van der Waals surface area (Å²) < 4.78 is 5.17. The minimum absolute atomic E-state index is 0.0264. The highest BCUT2D eigenvalue weighted by Crippen LogP contribution is 2.54. The van der Waals surface area contributed by atoms with E-state index in [4.69, 9.17) is 0 Å². The van der Waals surface area contributed by atoms with Gasteiger partial charge >= 0.3 is 13.7 Å². The molecule has 0 saturated carbocycles.